The first-order valence-electron chi connectivity index (χ1n) is 7.42. The van der Waals surface area contributed by atoms with Crippen LogP contribution in [-0.2, 0) is 13.1 Å². The number of rotatable bonds is 6. The molecule has 0 saturated carbocycles. The summed E-state index contributed by atoms with van der Waals surface area (Å²) >= 11 is 2.10. The van der Waals surface area contributed by atoms with E-state index >= 15 is 0 Å². The zero-order chi connectivity index (χ0) is 13.5. The van der Waals surface area contributed by atoms with Gasteiger partial charge in [0.1, 0.15) is 0 Å². The van der Waals surface area contributed by atoms with Crippen molar-refractivity contribution in [3.8, 4) is 0 Å². The fraction of sp³-hybridized carbons (Fsp3) is 0.923. The molecule has 1 aliphatic heterocycles. The second-order valence-electron chi connectivity index (χ2n) is 5.13. The Bertz CT molecular complexity index is 368. The number of thioether (sulfide) groups is 1. The van der Waals surface area contributed by atoms with Gasteiger partial charge in [-0.05, 0) is 42.0 Å². The molecule has 0 bridgehead atoms. The van der Waals surface area contributed by atoms with Crippen LogP contribution in [0.4, 0.5) is 0 Å². The number of aromatic nitrogens is 4. The first kappa shape index (κ1) is 14.8. The molecule has 1 aromatic rings. The quantitative estimate of drug-likeness (QED) is 0.801. The van der Waals surface area contributed by atoms with Gasteiger partial charge in [0, 0.05) is 18.3 Å². The Balaban J connectivity index is 1.94. The molecule has 1 saturated heterocycles. The fourth-order valence-corrected chi connectivity index (χ4v) is 3.74. The van der Waals surface area contributed by atoms with Gasteiger partial charge in [0.15, 0.2) is 5.82 Å². The van der Waals surface area contributed by atoms with E-state index in [9.17, 15) is 0 Å². The van der Waals surface area contributed by atoms with E-state index in [1.54, 1.807) is 0 Å². The molecule has 0 aliphatic carbocycles. The zero-order valence-electron chi connectivity index (χ0n) is 12.1. The molecule has 0 N–H and O–H groups in total. The molecular formula is C13H25N5S. The molecule has 19 heavy (non-hydrogen) atoms. The minimum Gasteiger partial charge on any atom is -0.295 e. The van der Waals surface area contributed by atoms with E-state index < -0.39 is 0 Å². The summed E-state index contributed by atoms with van der Waals surface area (Å²) in [7, 11) is 0. The number of nitrogens with zero attached hydrogens (tertiary/aromatic N) is 5. The summed E-state index contributed by atoms with van der Waals surface area (Å²) in [5, 5.41) is 12.9. The maximum atomic E-state index is 4.18. The molecule has 2 heterocycles. The first-order chi connectivity index (χ1) is 9.33. The first-order valence-corrected chi connectivity index (χ1v) is 8.47. The Kier molecular flexibility index (Phi) is 6.10. The Hall–Kier alpha value is -0.620. The lowest BCUT2D eigenvalue weighted by Gasteiger charge is -2.23. The van der Waals surface area contributed by atoms with Crippen molar-refractivity contribution < 1.29 is 0 Å². The van der Waals surface area contributed by atoms with Crippen LogP contribution in [0.2, 0.25) is 0 Å². The lowest BCUT2D eigenvalue weighted by molar-refractivity contribution is 0.266. The van der Waals surface area contributed by atoms with Gasteiger partial charge < -0.3 is 0 Å². The van der Waals surface area contributed by atoms with Crippen molar-refractivity contribution in [3.05, 3.63) is 5.82 Å². The maximum absolute atomic E-state index is 4.18. The number of aryl methyl sites for hydroxylation is 1. The SMILES string of the molecule is CCCn1nnnc1CN1CCCC[C@H](SCC)C1. The van der Waals surface area contributed by atoms with Gasteiger partial charge >= 0.3 is 0 Å². The smallest absolute Gasteiger partial charge is 0.165 e. The van der Waals surface area contributed by atoms with E-state index in [2.05, 4.69) is 46.0 Å². The van der Waals surface area contributed by atoms with Crippen molar-refractivity contribution in [1.29, 1.82) is 0 Å². The summed E-state index contributed by atoms with van der Waals surface area (Å²) in [6.07, 6.45) is 5.09. The predicted molar refractivity (Wildman–Crippen MR) is 79.2 cm³/mol. The van der Waals surface area contributed by atoms with E-state index in [0.29, 0.717) is 0 Å². The van der Waals surface area contributed by atoms with Crippen LogP contribution in [0.5, 0.6) is 0 Å². The molecule has 1 aliphatic rings. The number of likely N-dealkylation sites (tertiary alicyclic amines) is 1. The average Bonchev–Trinajstić information content (AvgIpc) is 2.70. The molecule has 0 radical (unpaired) electrons. The minimum absolute atomic E-state index is 0.781. The van der Waals surface area contributed by atoms with Crippen molar-refractivity contribution in [2.75, 3.05) is 18.8 Å². The van der Waals surface area contributed by atoms with Crippen LogP contribution in [0.15, 0.2) is 0 Å². The van der Waals surface area contributed by atoms with E-state index in [1.807, 2.05) is 4.68 Å². The lowest BCUT2D eigenvalue weighted by Crippen LogP contribution is -2.30. The monoisotopic (exact) mass is 283 g/mol. The summed E-state index contributed by atoms with van der Waals surface area (Å²) in [6.45, 7) is 8.58. The summed E-state index contributed by atoms with van der Waals surface area (Å²) in [4.78, 5) is 2.53. The molecule has 0 aromatic carbocycles. The molecule has 1 fully saturated rings. The largest absolute Gasteiger partial charge is 0.295 e. The molecule has 0 amide bonds. The third kappa shape index (κ3) is 4.45. The number of tetrazole rings is 1. The van der Waals surface area contributed by atoms with Crippen molar-refractivity contribution in [1.82, 2.24) is 25.1 Å². The van der Waals surface area contributed by atoms with Crippen molar-refractivity contribution in [2.45, 2.75) is 57.9 Å². The van der Waals surface area contributed by atoms with Gasteiger partial charge in [0.2, 0.25) is 0 Å². The van der Waals surface area contributed by atoms with Crippen LogP contribution >= 0.6 is 11.8 Å². The zero-order valence-corrected chi connectivity index (χ0v) is 12.9. The van der Waals surface area contributed by atoms with E-state index in [-0.39, 0.29) is 0 Å². The predicted octanol–water partition coefficient (Wildman–Crippen LogP) is 2.19. The Labute approximate surface area is 120 Å². The standard InChI is InChI=1S/C13H25N5S/c1-3-8-18-13(14-15-16-18)11-17-9-6-5-7-12(10-17)19-4-2/h12H,3-11H2,1-2H3/t12-/m0/s1. The maximum Gasteiger partial charge on any atom is 0.165 e. The minimum atomic E-state index is 0.781. The molecule has 0 spiro atoms. The van der Waals surface area contributed by atoms with Crippen LogP contribution in [0.3, 0.4) is 0 Å². The molecule has 6 heteroatoms. The van der Waals surface area contributed by atoms with Gasteiger partial charge in [-0.2, -0.15) is 11.8 Å². The summed E-state index contributed by atoms with van der Waals surface area (Å²) in [6, 6.07) is 0. The summed E-state index contributed by atoms with van der Waals surface area (Å²) in [5.41, 5.74) is 0. The molecule has 0 unspecified atom stereocenters. The molecule has 2 rings (SSSR count). The van der Waals surface area contributed by atoms with Gasteiger partial charge in [-0.3, -0.25) is 4.90 Å². The van der Waals surface area contributed by atoms with Crippen molar-refractivity contribution >= 4 is 11.8 Å². The van der Waals surface area contributed by atoms with Crippen LogP contribution in [0.25, 0.3) is 0 Å². The topological polar surface area (TPSA) is 46.8 Å². The van der Waals surface area contributed by atoms with E-state index in [0.717, 1.165) is 30.6 Å². The highest BCUT2D eigenvalue weighted by molar-refractivity contribution is 7.99. The second kappa shape index (κ2) is 7.85. The Morgan fingerprint density at radius 2 is 2.21 bits per heavy atom. The average molecular weight is 283 g/mol. The highest BCUT2D eigenvalue weighted by Crippen LogP contribution is 2.22. The van der Waals surface area contributed by atoms with Crippen LogP contribution in [0, 0.1) is 0 Å². The summed E-state index contributed by atoms with van der Waals surface area (Å²) in [5.74, 6) is 2.23. The molecule has 1 atom stereocenters. The van der Waals surface area contributed by atoms with Gasteiger partial charge in [-0.1, -0.05) is 20.3 Å². The fourth-order valence-electron chi connectivity index (χ4n) is 2.62. The third-order valence-corrected chi connectivity index (χ3v) is 4.71. The second-order valence-corrected chi connectivity index (χ2v) is 6.70. The highest BCUT2D eigenvalue weighted by atomic mass is 32.2. The molecule has 1 aromatic heterocycles. The van der Waals surface area contributed by atoms with E-state index in [4.69, 9.17) is 0 Å². The van der Waals surface area contributed by atoms with Crippen LogP contribution < -0.4 is 0 Å². The van der Waals surface area contributed by atoms with Gasteiger partial charge in [-0.15, -0.1) is 5.10 Å². The molecular weight excluding hydrogens is 258 g/mol. The highest BCUT2D eigenvalue weighted by Gasteiger charge is 2.20. The third-order valence-electron chi connectivity index (χ3n) is 3.52. The van der Waals surface area contributed by atoms with E-state index in [1.165, 1.54) is 38.1 Å². The molecule has 5 nitrogen and oxygen atoms in total. The summed E-state index contributed by atoms with van der Waals surface area (Å²) < 4.78 is 1.95. The van der Waals surface area contributed by atoms with Crippen LogP contribution in [0.1, 0.15) is 45.4 Å². The number of hydrogen-bond acceptors (Lipinski definition) is 5. The van der Waals surface area contributed by atoms with Gasteiger partial charge in [0.25, 0.3) is 0 Å². The van der Waals surface area contributed by atoms with Crippen molar-refractivity contribution in [3.63, 3.8) is 0 Å². The number of hydrogen-bond donors (Lipinski definition) is 0. The Morgan fingerprint density at radius 1 is 1.32 bits per heavy atom. The normalized spacial score (nSPS) is 21.5. The van der Waals surface area contributed by atoms with Crippen molar-refractivity contribution in [2.24, 2.45) is 0 Å². The van der Waals surface area contributed by atoms with Gasteiger partial charge in [0.05, 0.1) is 6.54 Å². The molecule has 108 valence electrons. The lowest BCUT2D eigenvalue weighted by atomic mass is 10.2. The van der Waals surface area contributed by atoms with Crippen LogP contribution in [-0.4, -0.2) is 49.2 Å². The van der Waals surface area contributed by atoms with Gasteiger partial charge in [-0.25, -0.2) is 4.68 Å². The Morgan fingerprint density at radius 3 is 3.00 bits per heavy atom.